The molecule has 244 valence electrons. The molecule has 0 radical (unpaired) electrons. The van der Waals surface area contributed by atoms with E-state index in [0.717, 1.165) is 66.6 Å². The Balaban J connectivity index is 0.00000336. The van der Waals surface area contributed by atoms with Crippen molar-refractivity contribution in [3.05, 3.63) is 145 Å². The summed E-state index contributed by atoms with van der Waals surface area (Å²) in [6.07, 6.45) is 3.87. The first-order valence-corrected chi connectivity index (χ1v) is 16.8. The number of benzene rings is 5. The summed E-state index contributed by atoms with van der Waals surface area (Å²) >= 11 is 0. The van der Waals surface area contributed by atoms with Crippen molar-refractivity contribution in [2.45, 2.75) is 38.5 Å². The van der Waals surface area contributed by atoms with E-state index in [9.17, 15) is 0 Å². The Bertz CT molecular complexity index is 2730. The van der Waals surface area contributed by atoms with Gasteiger partial charge in [0.1, 0.15) is 5.65 Å². The van der Waals surface area contributed by atoms with E-state index in [1.807, 2.05) is 24.5 Å². The van der Waals surface area contributed by atoms with E-state index in [4.69, 9.17) is 14.5 Å². The van der Waals surface area contributed by atoms with Gasteiger partial charge in [0.15, 0.2) is 0 Å². The normalized spacial score (nSPS) is 14.6. The van der Waals surface area contributed by atoms with Gasteiger partial charge in [-0.25, -0.2) is 4.98 Å². The quantitative estimate of drug-likeness (QED) is 0.167. The van der Waals surface area contributed by atoms with Crippen LogP contribution in [-0.2, 0) is 31.9 Å². The molecule has 5 aromatic carbocycles. The van der Waals surface area contributed by atoms with Gasteiger partial charge in [-0.3, -0.25) is 4.68 Å². The van der Waals surface area contributed by atoms with E-state index >= 15 is 0 Å². The van der Waals surface area contributed by atoms with Crippen LogP contribution < -0.4 is 0 Å². The Kier molecular flexibility index (Phi) is 6.69. The van der Waals surface area contributed by atoms with Gasteiger partial charge in [0.05, 0.1) is 23.0 Å². The number of aromatic nitrogens is 4. The summed E-state index contributed by atoms with van der Waals surface area (Å²) in [5, 5.41) is 9.25. The molecule has 0 saturated heterocycles. The maximum atomic E-state index is 6.46. The molecule has 1 aliphatic rings. The molecule has 5 nitrogen and oxygen atoms in total. The predicted octanol–water partition coefficient (Wildman–Crippen LogP) is 10.8. The molecule has 0 bridgehead atoms. The van der Waals surface area contributed by atoms with Gasteiger partial charge in [0.25, 0.3) is 0 Å². The van der Waals surface area contributed by atoms with Crippen LogP contribution in [0.5, 0.6) is 0 Å². The number of fused-ring (bicyclic) bond motifs is 9. The van der Waals surface area contributed by atoms with Gasteiger partial charge in [-0.15, -0.1) is 59.0 Å². The fourth-order valence-electron chi connectivity index (χ4n) is 8.02. The number of pyridine rings is 1. The smallest absolute Gasteiger partial charge is 0.511 e. The van der Waals surface area contributed by atoms with Crippen LogP contribution in [0, 0.1) is 12.1 Å². The molecule has 0 unspecified atom stereocenters. The zero-order valence-corrected chi connectivity index (χ0v) is 30.3. The van der Waals surface area contributed by atoms with Crippen molar-refractivity contribution in [3.8, 4) is 33.6 Å². The van der Waals surface area contributed by atoms with Crippen molar-refractivity contribution in [2.75, 3.05) is 0 Å². The molecule has 10 rings (SSSR count). The second kappa shape index (κ2) is 10.9. The molecule has 0 atom stereocenters. The maximum absolute atomic E-state index is 6.46. The summed E-state index contributed by atoms with van der Waals surface area (Å²) in [6, 6.07) is 45.7. The summed E-state index contributed by atoms with van der Waals surface area (Å²) in [6.45, 7) is 9.36. The summed E-state index contributed by atoms with van der Waals surface area (Å²) in [4.78, 5) is 4.80. The zero-order chi connectivity index (χ0) is 33.1. The number of furan rings is 1. The van der Waals surface area contributed by atoms with Crippen molar-refractivity contribution in [2.24, 2.45) is 0 Å². The summed E-state index contributed by atoms with van der Waals surface area (Å²) in [7, 11) is 0. The van der Waals surface area contributed by atoms with Crippen molar-refractivity contribution >= 4 is 43.9 Å². The molecule has 0 amide bonds. The van der Waals surface area contributed by atoms with Gasteiger partial charge in [0.2, 0.25) is 0 Å². The molecule has 0 N–H and O–H groups in total. The molecule has 4 aromatic heterocycles. The van der Waals surface area contributed by atoms with Gasteiger partial charge in [-0.1, -0.05) is 93.2 Å². The number of para-hydroxylation sites is 1. The number of hydrogen-bond donors (Lipinski definition) is 0. The maximum Gasteiger partial charge on any atom is 2.00 e. The Morgan fingerprint density at radius 1 is 0.680 bits per heavy atom. The largest absolute Gasteiger partial charge is 2.00 e. The van der Waals surface area contributed by atoms with Crippen molar-refractivity contribution in [1.82, 2.24) is 19.3 Å². The molecule has 5 heterocycles. The van der Waals surface area contributed by atoms with Crippen LogP contribution in [0.3, 0.4) is 0 Å². The molecule has 0 fully saturated rings. The van der Waals surface area contributed by atoms with E-state index in [-0.39, 0.29) is 31.9 Å². The molecular formula is C44H32N4OPt. The summed E-state index contributed by atoms with van der Waals surface area (Å²) < 4.78 is 10.8. The first-order chi connectivity index (χ1) is 23.8. The van der Waals surface area contributed by atoms with Crippen LogP contribution in [0.15, 0.2) is 126 Å². The number of hydrogen-bond acceptors (Lipinski definition) is 3. The van der Waals surface area contributed by atoms with Crippen LogP contribution >= 0.6 is 0 Å². The second-order valence-corrected chi connectivity index (χ2v) is 14.2. The number of rotatable bonds is 3. The van der Waals surface area contributed by atoms with Crippen LogP contribution in [-0.4, -0.2) is 19.3 Å². The molecule has 0 aliphatic carbocycles. The average Bonchev–Trinajstić information content (AvgIpc) is 3.83. The first kappa shape index (κ1) is 30.8. The number of nitrogens with zero attached hydrogens (tertiary/aromatic N) is 4. The third-order valence-corrected chi connectivity index (χ3v) is 11.2. The van der Waals surface area contributed by atoms with Crippen molar-refractivity contribution in [1.29, 1.82) is 0 Å². The van der Waals surface area contributed by atoms with E-state index < -0.39 is 0 Å². The van der Waals surface area contributed by atoms with Gasteiger partial charge in [-0.05, 0) is 46.6 Å². The van der Waals surface area contributed by atoms with E-state index in [1.54, 1.807) is 0 Å². The molecule has 0 spiro atoms. The second-order valence-electron chi connectivity index (χ2n) is 14.2. The standard InChI is InChI=1S/C44H32N4O.Pt/c1-43(2)35-21-19-28(24-37(35)48-41(44(43,3)4)34(26-46-48)27-12-6-5-7-13-27)30-15-10-18-39-40(30)33-25-29(20-22-38(33)49-39)47-36-17-9-8-14-31(36)32-16-11-23-45-42(32)47;/h5-23,26H,1-4H3;/q-2;+2. The first-order valence-electron chi connectivity index (χ1n) is 16.8. The van der Waals surface area contributed by atoms with Gasteiger partial charge in [0, 0.05) is 33.5 Å². The van der Waals surface area contributed by atoms with Crippen LogP contribution in [0.1, 0.15) is 39.0 Å². The van der Waals surface area contributed by atoms with Gasteiger partial charge < -0.3 is 8.98 Å². The molecule has 50 heavy (non-hydrogen) atoms. The van der Waals surface area contributed by atoms with Crippen molar-refractivity contribution in [3.63, 3.8) is 0 Å². The fourth-order valence-corrected chi connectivity index (χ4v) is 8.02. The zero-order valence-electron chi connectivity index (χ0n) is 28.1. The topological polar surface area (TPSA) is 48.8 Å². The Morgan fingerprint density at radius 3 is 2.34 bits per heavy atom. The Labute approximate surface area is 304 Å². The molecule has 1 aliphatic heterocycles. The Hall–Kier alpha value is -5.25. The molecule has 0 saturated carbocycles. The summed E-state index contributed by atoms with van der Waals surface area (Å²) in [5.41, 5.74) is 12.0. The van der Waals surface area contributed by atoms with Crippen LogP contribution in [0.25, 0.3) is 77.5 Å². The minimum Gasteiger partial charge on any atom is -0.511 e. The summed E-state index contributed by atoms with van der Waals surface area (Å²) in [5.74, 6) is 0. The van der Waals surface area contributed by atoms with E-state index in [2.05, 4.69) is 146 Å². The van der Waals surface area contributed by atoms with Crippen molar-refractivity contribution < 1.29 is 25.5 Å². The molecular weight excluding hydrogens is 796 g/mol. The van der Waals surface area contributed by atoms with Gasteiger partial charge >= 0.3 is 21.1 Å². The minimum atomic E-state index is -0.190. The van der Waals surface area contributed by atoms with Crippen LogP contribution in [0.4, 0.5) is 0 Å². The molecule has 6 heteroatoms. The van der Waals surface area contributed by atoms with Crippen LogP contribution in [0.2, 0.25) is 0 Å². The van der Waals surface area contributed by atoms with E-state index in [0.29, 0.717) is 0 Å². The third kappa shape index (κ3) is 4.10. The van der Waals surface area contributed by atoms with E-state index in [1.165, 1.54) is 22.2 Å². The predicted molar refractivity (Wildman–Crippen MR) is 198 cm³/mol. The minimum absolute atomic E-state index is 0. The Morgan fingerprint density at radius 2 is 1.48 bits per heavy atom. The third-order valence-electron chi connectivity index (χ3n) is 11.2. The fraction of sp³-hybridized carbons (Fsp3) is 0.136. The van der Waals surface area contributed by atoms with Gasteiger partial charge in [-0.2, -0.15) is 5.10 Å². The molecule has 9 aromatic rings. The monoisotopic (exact) mass is 827 g/mol. The average molecular weight is 828 g/mol. The SMILES string of the molecule is CC1(C)c2ccc(-c3cccc4oc5ccc(-n6c7ccccc7c7cccnc76)[c-]c5c34)[c-]c2-n2ncc(-c3ccccc3)c2C1(C)C.[Pt+2].